The number of nitrogens with one attached hydrogen (secondary N) is 2. The molecule has 0 unspecified atom stereocenters. The first kappa shape index (κ1) is 32.4. The van der Waals surface area contributed by atoms with Crippen molar-refractivity contribution in [1.29, 1.82) is 0 Å². The molecule has 254 valence electrons. The summed E-state index contributed by atoms with van der Waals surface area (Å²) in [4.78, 5) is 33.2. The molecule has 0 bridgehead atoms. The third kappa shape index (κ3) is 5.72. The topological polar surface area (TPSA) is 102 Å². The third-order valence-electron chi connectivity index (χ3n) is 9.34. The molecule has 3 aromatic heterocycles. The second kappa shape index (κ2) is 12.7. The molecule has 2 aromatic carbocycles. The number of nitrogens with zero attached hydrogens (tertiary/aromatic N) is 4. The van der Waals surface area contributed by atoms with Crippen LogP contribution in [-0.2, 0) is 23.0 Å². The highest BCUT2D eigenvalue weighted by molar-refractivity contribution is 6.11. The summed E-state index contributed by atoms with van der Waals surface area (Å²) < 4.78 is 60.6. The van der Waals surface area contributed by atoms with Crippen LogP contribution in [0, 0.1) is 24.4 Å². The fourth-order valence-corrected chi connectivity index (χ4v) is 6.76. The van der Waals surface area contributed by atoms with Gasteiger partial charge in [-0.2, -0.15) is 0 Å². The quantitative estimate of drug-likeness (QED) is 0.170. The molecule has 0 aliphatic carbocycles. The zero-order valence-electron chi connectivity index (χ0n) is 27.5. The Morgan fingerprint density at radius 1 is 1.12 bits per heavy atom. The highest BCUT2D eigenvalue weighted by Gasteiger charge is 2.30. The summed E-state index contributed by atoms with van der Waals surface area (Å²) in [5.41, 5.74) is 3.86. The summed E-state index contributed by atoms with van der Waals surface area (Å²) in [6.07, 6.45) is 5.28. The van der Waals surface area contributed by atoms with Crippen LogP contribution in [-0.4, -0.2) is 72.1 Å². The number of benzene rings is 2. The number of methoxy groups -OCH3 is 1. The molecular weight excluding hydrogens is 637 g/mol. The second-order valence-electron chi connectivity index (χ2n) is 12.4. The van der Waals surface area contributed by atoms with E-state index in [1.165, 1.54) is 22.7 Å². The molecule has 49 heavy (non-hydrogen) atoms. The molecule has 1 saturated heterocycles. The van der Waals surface area contributed by atoms with Gasteiger partial charge in [0.25, 0.3) is 0 Å². The van der Waals surface area contributed by atoms with Crippen molar-refractivity contribution in [2.75, 3.05) is 50.7 Å². The van der Waals surface area contributed by atoms with Crippen LogP contribution in [0.15, 0.2) is 48.7 Å². The number of amides is 1. The molecular formula is C36H35F3N6O4. The van der Waals surface area contributed by atoms with E-state index in [1.807, 2.05) is 36.6 Å². The van der Waals surface area contributed by atoms with E-state index in [4.69, 9.17) is 14.5 Å². The zero-order chi connectivity index (χ0) is 34.6. The van der Waals surface area contributed by atoms with Crippen molar-refractivity contribution in [2.24, 2.45) is 7.05 Å². The molecule has 13 heteroatoms. The van der Waals surface area contributed by atoms with Gasteiger partial charge in [0.1, 0.15) is 40.2 Å². The number of aryl methyl sites for hydroxylation is 2. The summed E-state index contributed by atoms with van der Waals surface area (Å²) in [5, 5.41) is 5.42. The van der Waals surface area contributed by atoms with Crippen LogP contribution in [0.4, 0.5) is 24.5 Å². The van der Waals surface area contributed by atoms with Gasteiger partial charge in [0, 0.05) is 69.3 Å². The van der Waals surface area contributed by atoms with Crippen LogP contribution >= 0.6 is 0 Å². The van der Waals surface area contributed by atoms with Gasteiger partial charge in [0.15, 0.2) is 0 Å². The van der Waals surface area contributed by atoms with Gasteiger partial charge < -0.3 is 34.0 Å². The largest absolute Gasteiger partial charge is 0.496 e. The van der Waals surface area contributed by atoms with Gasteiger partial charge in [0.05, 0.1) is 41.7 Å². The Morgan fingerprint density at radius 2 is 1.90 bits per heavy atom. The van der Waals surface area contributed by atoms with E-state index < -0.39 is 34.8 Å². The first-order chi connectivity index (χ1) is 23.5. The molecule has 2 N–H and O–H groups in total. The highest BCUT2D eigenvalue weighted by Crippen LogP contribution is 2.47. The monoisotopic (exact) mass is 672 g/mol. The number of carbonyl (C=O) groups excluding carboxylic acids is 2. The number of imidazole rings is 1. The predicted molar refractivity (Wildman–Crippen MR) is 180 cm³/mol. The van der Waals surface area contributed by atoms with E-state index in [1.54, 1.807) is 19.3 Å². The fourth-order valence-electron chi connectivity index (χ4n) is 6.76. The van der Waals surface area contributed by atoms with E-state index in [9.17, 15) is 9.59 Å². The summed E-state index contributed by atoms with van der Waals surface area (Å²) in [6.45, 7) is 4.09. The number of pyridine rings is 1. The normalized spacial score (nSPS) is 16.0. The van der Waals surface area contributed by atoms with Crippen molar-refractivity contribution in [3.63, 3.8) is 0 Å². The van der Waals surface area contributed by atoms with E-state index >= 15 is 13.2 Å². The highest BCUT2D eigenvalue weighted by atomic mass is 19.1. The van der Waals surface area contributed by atoms with E-state index in [-0.39, 0.29) is 17.3 Å². The maximum absolute atomic E-state index is 15.5. The maximum Gasteiger partial charge on any atom is 0.248 e. The van der Waals surface area contributed by atoms with Crippen LogP contribution in [0.5, 0.6) is 5.75 Å². The van der Waals surface area contributed by atoms with E-state index in [0.717, 1.165) is 46.7 Å². The van der Waals surface area contributed by atoms with Gasteiger partial charge in [-0.3, -0.25) is 9.59 Å². The lowest BCUT2D eigenvalue weighted by Gasteiger charge is -2.27. The Bertz CT molecular complexity index is 2160. The summed E-state index contributed by atoms with van der Waals surface area (Å²) in [7, 11) is 5.39. The van der Waals surface area contributed by atoms with Crippen LogP contribution in [0.25, 0.3) is 27.7 Å². The number of aromatic nitrogens is 3. The molecule has 2 aliphatic rings. The number of ether oxygens (including phenoxy) is 2. The Labute approximate surface area is 280 Å². The lowest BCUT2D eigenvalue weighted by molar-refractivity contribution is -0.112. The molecule has 5 heterocycles. The number of rotatable bonds is 8. The number of anilines is 2. The molecule has 10 nitrogen and oxygen atoms in total. The molecule has 0 spiro atoms. The number of halogens is 3. The number of likely N-dealkylation sites (N-methyl/N-ethyl adjacent to an activating group) is 1. The molecule has 2 aliphatic heterocycles. The molecule has 1 amide bonds. The lowest BCUT2D eigenvalue weighted by Crippen LogP contribution is -2.29. The Morgan fingerprint density at radius 3 is 2.61 bits per heavy atom. The smallest absolute Gasteiger partial charge is 0.248 e. The van der Waals surface area contributed by atoms with Crippen molar-refractivity contribution in [3.8, 4) is 16.9 Å². The number of hydrogen-bond acceptors (Lipinski definition) is 7. The lowest BCUT2D eigenvalue weighted by atomic mass is 9.95. The van der Waals surface area contributed by atoms with Gasteiger partial charge in [0.2, 0.25) is 11.7 Å². The number of hydrogen-bond donors (Lipinski definition) is 2. The molecule has 7 rings (SSSR count). The van der Waals surface area contributed by atoms with Gasteiger partial charge >= 0.3 is 0 Å². The molecule has 0 radical (unpaired) electrons. The Hall–Kier alpha value is -5.14. The standard InChI is InChI=1S/C36H35F3N6O4/c1-19-41-33-27(44(19)3)16-29(48-4)31-24-15-22(37)17-45-28(14-20(34(24)45)7-10-43(2)35(31)33)36(47)21-12-25(38)32(26(39)13-21)42-30(46)6-5-9-40-23-8-11-49-18-23/h5-6,12-17,23,40H,7-11,18H2,1-4H3,(H,42,46)/b6-5+/t23-/m0/s1. The zero-order valence-corrected chi connectivity index (χ0v) is 27.5. The number of fused-ring (bicyclic) bond motifs is 4. The van der Waals surface area contributed by atoms with Crippen molar-refractivity contribution in [2.45, 2.75) is 25.8 Å². The van der Waals surface area contributed by atoms with Crippen molar-refractivity contribution in [3.05, 3.63) is 88.8 Å². The van der Waals surface area contributed by atoms with Crippen LogP contribution in [0.2, 0.25) is 0 Å². The molecule has 1 fully saturated rings. The van der Waals surface area contributed by atoms with Gasteiger partial charge in [-0.15, -0.1) is 0 Å². The first-order valence-electron chi connectivity index (χ1n) is 16.0. The van der Waals surface area contributed by atoms with Gasteiger partial charge in [-0.1, -0.05) is 6.08 Å². The molecule has 0 saturated carbocycles. The second-order valence-corrected chi connectivity index (χ2v) is 12.4. The van der Waals surface area contributed by atoms with E-state index in [2.05, 4.69) is 10.6 Å². The van der Waals surface area contributed by atoms with Crippen molar-refractivity contribution >= 4 is 39.6 Å². The van der Waals surface area contributed by atoms with Crippen LogP contribution in [0.1, 0.15) is 33.9 Å². The van der Waals surface area contributed by atoms with Gasteiger partial charge in [-0.25, -0.2) is 18.2 Å². The summed E-state index contributed by atoms with van der Waals surface area (Å²) in [5.74, 6) is -3.00. The van der Waals surface area contributed by atoms with Gasteiger partial charge in [-0.05, 0) is 49.6 Å². The number of carbonyl (C=O) groups is 2. The maximum atomic E-state index is 15.5. The van der Waals surface area contributed by atoms with Crippen molar-refractivity contribution in [1.82, 2.24) is 19.3 Å². The van der Waals surface area contributed by atoms with Crippen molar-refractivity contribution < 1.29 is 32.2 Å². The van der Waals surface area contributed by atoms with Crippen LogP contribution < -0.4 is 20.3 Å². The summed E-state index contributed by atoms with van der Waals surface area (Å²) in [6, 6.07) is 6.84. The van der Waals surface area contributed by atoms with E-state index in [0.29, 0.717) is 55.1 Å². The third-order valence-corrected chi connectivity index (χ3v) is 9.34. The minimum atomic E-state index is -1.12. The minimum absolute atomic E-state index is 0.0317. The fraction of sp³-hybridized carbons (Fsp3) is 0.306. The average Bonchev–Trinajstić information content (AvgIpc) is 3.79. The van der Waals surface area contributed by atoms with Crippen LogP contribution in [0.3, 0.4) is 0 Å². The minimum Gasteiger partial charge on any atom is -0.496 e. The number of ketones is 1. The first-order valence-corrected chi connectivity index (χ1v) is 16.0. The summed E-state index contributed by atoms with van der Waals surface area (Å²) >= 11 is 0. The molecule has 1 atom stereocenters. The Balaban J connectivity index is 1.25. The SMILES string of the molecule is COc1cc2c(nc(C)n2C)c2c1-c1cc(F)cn3c(C(=O)c4cc(F)c(NC(=O)/C=C/CN[C@H]5CCOC5)c(F)c4)cc(c13)CCN2C. The Kier molecular flexibility index (Phi) is 8.41. The average molecular weight is 673 g/mol. The predicted octanol–water partition coefficient (Wildman–Crippen LogP) is 5.32. The molecule has 5 aromatic rings.